The van der Waals surface area contributed by atoms with E-state index in [4.69, 9.17) is 0 Å². The lowest BCUT2D eigenvalue weighted by atomic mass is 10.2. The first-order valence-electron chi connectivity index (χ1n) is 6.35. The minimum Gasteiger partial charge on any atom is -0.352 e. The van der Waals surface area contributed by atoms with Crippen LogP contribution in [0.1, 0.15) is 20.3 Å². The number of benzene rings is 1. The average molecular weight is 259 g/mol. The van der Waals surface area contributed by atoms with Crippen molar-refractivity contribution in [2.24, 2.45) is 0 Å². The third-order valence-electron chi connectivity index (χ3n) is 3.07. The molecule has 0 bridgehead atoms. The zero-order chi connectivity index (χ0) is 13.8. The van der Waals surface area contributed by atoms with Crippen LogP contribution in [0.15, 0.2) is 35.4 Å². The summed E-state index contributed by atoms with van der Waals surface area (Å²) in [5.41, 5.74) is 0.455. The normalized spacial score (nSPS) is 12.3. The van der Waals surface area contributed by atoms with Crippen LogP contribution < -0.4 is 10.9 Å². The van der Waals surface area contributed by atoms with Gasteiger partial charge in [0.15, 0.2) is 0 Å². The van der Waals surface area contributed by atoms with Gasteiger partial charge in [0.2, 0.25) is 5.91 Å². The van der Waals surface area contributed by atoms with Crippen molar-refractivity contribution in [3.05, 3.63) is 40.9 Å². The van der Waals surface area contributed by atoms with Gasteiger partial charge in [-0.25, -0.2) is 4.98 Å². The summed E-state index contributed by atoms with van der Waals surface area (Å²) >= 11 is 0. The van der Waals surface area contributed by atoms with Crippen LogP contribution in [0.4, 0.5) is 0 Å². The fourth-order valence-corrected chi connectivity index (χ4v) is 1.80. The summed E-state index contributed by atoms with van der Waals surface area (Å²) in [6.07, 6.45) is 2.28. The second-order valence-corrected chi connectivity index (χ2v) is 4.57. The molecule has 2 aromatic rings. The number of carbonyl (C=O) groups is 1. The van der Waals surface area contributed by atoms with E-state index >= 15 is 0 Å². The van der Waals surface area contributed by atoms with Crippen LogP contribution in [0.2, 0.25) is 0 Å². The Morgan fingerprint density at radius 1 is 1.42 bits per heavy atom. The van der Waals surface area contributed by atoms with Crippen LogP contribution in [0.3, 0.4) is 0 Å². The SMILES string of the molecule is CC[C@@H](C)NC(=O)Cn1cnc2ccccc2c1=O. The molecule has 0 unspecified atom stereocenters. The van der Waals surface area contributed by atoms with Crippen LogP contribution in [-0.4, -0.2) is 21.5 Å². The van der Waals surface area contributed by atoms with Gasteiger partial charge in [-0.2, -0.15) is 0 Å². The molecule has 19 heavy (non-hydrogen) atoms. The van der Waals surface area contributed by atoms with E-state index in [1.165, 1.54) is 10.9 Å². The molecule has 5 nitrogen and oxygen atoms in total. The van der Waals surface area contributed by atoms with Crippen LogP contribution in [0.25, 0.3) is 10.9 Å². The van der Waals surface area contributed by atoms with Gasteiger partial charge >= 0.3 is 0 Å². The number of nitrogens with zero attached hydrogens (tertiary/aromatic N) is 2. The Balaban J connectivity index is 2.24. The molecule has 1 aromatic carbocycles. The van der Waals surface area contributed by atoms with Gasteiger partial charge in [-0.1, -0.05) is 19.1 Å². The number of carbonyl (C=O) groups excluding carboxylic acids is 1. The van der Waals surface area contributed by atoms with E-state index < -0.39 is 0 Å². The Kier molecular flexibility index (Phi) is 3.94. The molecule has 1 aromatic heterocycles. The lowest BCUT2D eigenvalue weighted by Gasteiger charge is -2.12. The Morgan fingerprint density at radius 2 is 2.16 bits per heavy atom. The highest BCUT2D eigenvalue weighted by molar-refractivity contribution is 5.78. The van der Waals surface area contributed by atoms with E-state index in [2.05, 4.69) is 10.3 Å². The Hall–Kier alpha value is -2.17. The van der Waals surface area contributed by atoms with Crippen molar-refractivity contribution in [1.29, 1.82) is 0 Å². The monoisotopic (exact) mass is 259 g/mol. The smallest absolute Gasteiger partial charge is 0.261 e. The molecule has 1 N–H and O–H groups in total. The third kappa shape index (κ3) is 2.99. The fourth-order valence-electron chi connectivity index (χ4n) is 1.80. The highest BCUT2D eigenvalue weighted by Gasteiger charge is 2.09. The summed E-state index contributed by atoms with van der Waals surface area (Å²) in [6.45, 7) is 3.93. The number of nitrogens with one attached hydrogen (secondary N) is 1. The molecule has 1 heterocycles. The molecule has 1 atom stereocenters. The van der Waals surface area contributed by atoms with E-state index in [0.29, 0.717) is 10.9 Å². The molecule has 100 valence electrons. The van der Waals surface area contributed by atoms with E-state index in [0.717, 1.165) is 6.42 Å². The predicted molar refractivity (Wildman–Crippen MR) is 73.9 cm³/mol. The molecule has 0 saturated heterocycles. The molecule has 0 spiro atoms. The van der Waals surface area contributed by atoms with Gasteiger partial charge in [0.1, 0.15) is 6.54 Å². The molecule has 0 radical (unpaired) electrons. The van der Waals surface area contributed by atoms with Crippen molar-refractivity contribution < 1.29 is 4.79 Å². The van der Waals surface area contributed by atoms with E-state index in [1.54, 1.807) is 18.2 Å². The highest BCUT2D eigenvalue weighted by atomic mass is 16.2. The van der Waals surface area contributed by atoms with Crippen LogP contribution in [0, 0.1) is 0 Å². The topological polar surface area (TPSA) is 64.0 Å². The van der Waals surface area contributed by atoms with Gasteiger partial charge in [0.05, 0.1) is 17.2 Å². The van der Waals surface area contributed by atoms with Gasteiger partial charge in [-0.3, -0.25) is 14.2 Å². The third-order valence-corrected chi connectivity index (χ3v) is 3.07. The summed E-state index contributed by atoms with van der Waals surface area (Å²) in [5, 5.41) is 3.36. The Labute approximate surface area is 111 Å². The fraction of sp³-hybridized carbons (Fsp3) is 0.357. The average Bonchev–Trinajstić information content (AvgIpc) is 2.42. The van der Waals surface area contributed by atoms with Crippen molar-refractivity contribution in [1.82, 2.24) is 14.9 Å². The first kappa shape index (κ1) is 13.3. The van der Waals surface area contributed by atoms with E-state index in [1.807, 2.05) is 19.9 Å². The van der Waals surface area contributed by atoms with Crippen molar-refractivity contribution in [2.75, 3.05) is 0 Å². The lowest BCUT2D eigenvalue weighted by molar-refractivity contribution is -0.122. The number of rotatable bonds is 4. The molecule has 5 heteroatoms. The molecular formula is C14H17N3O2. The standard InChI is InChI=1S/C14H17N3O2/c1-3-10(2)16-13(18)8-17-9-15-12-7-5-4-6-11(12)14(17)19/h4-7,9-10H,3,8H2,1-2H3,(H,16,18)/t10-/m1/s1. The maximum atomic E-state index is 12.2. The van der Waals surface area contributed by atoms with E-state index in [9.17, 15) is 9.59 Å². The zero-order valence-electron chi connectivity index (χ0n) is 11.1. The molecule has 0 aliphatic heterocycles. The van der Waals surface area contributed by atoms with Crippen LogP contribution in [0.5, 0.6) is 0 Å². The number of aromatic nitrogens is 2. The van der Waals surface area contributed by atoms with Crippen molar-refractivity contribution in [2.45, 2.75) is 32.9 Å². The molecule has 0 fully saturated rings. The number of hydrogen-bond donors (Lipinski definition) is 1. The molecule has 0 aliphatic rings. The number of amides is 1. The van der Waals surface area contributed by atoms with Gasteiger partial charge < -0.3 is 5.32 Å². The number of fused-ring (bicyclic) bond motifs is 1. The summed E-state index contributed by atoms with van der Waals surface area (Å²) in [6, 6.07) is 7.22. The zero-order valence-corrected chi connectivity index (χ0v) is 11.1. The summed E-state index contributed by atoms with van der Waals surface area (Å²) < 4.78 is 1.33. The van der Waals surface area contributed by atoms with Crippen LogP contribution in [-0.2, 0) is 11.3 Å². The highest BCUT2D eigenvalue weighted by Crippen LogP contribution is 2.04. The van der Waals surface area contributed by atoms with Gasteiger partial charge in [0, 0.05) is 6.04 Å². The van der Waals surface area contributed by atoms with Crippen LogP contribution >= 0.6 is 0 Å². The molecule has 2 rings (SSSR count). The minimum atomic E-state index is -0.190. The lowest BCUT2D eigenvalue weighted by Crippen LogP contribution is -2.37. The minimum absolute atomic E-state index is 0.001000. The first-order chi connectivity index (χ1) is 9.11. The largest absolute Gasteiger partial charge is 0.352 e. The summed E-state index contributed by atoms with van der Waals surface area (Å²) in [5.74, 6) is -0.173. The second-order valence-electron chi connectivity index (χ2n) is 4.57. The van der Waals surface area contributed by atoms with Crippen molar-refractivity contribution in [3.8, 4) is 0 Å². The molecular weight excluding hydrogens is 242 g/mol. The van der Waals surface area contributed by atoms with Crippen molar-refractivity contribution in [3.63, 3.8) is 0 Å². The molecule has 0 aliphatic carbocycles. The first-order valence-corrected chi connectivity index (χ1v) is 6.35. The van der Waals surface area contributed by atoms with Gasteiger partial charge in [-0.15, -0.1) is 0 Å². The predicted octanol–water partition coefficient (Wildman–Crippen LogP) is 1.31. The van der Waals surface area contributed by atoms with Crippen molar-refractivity contribution >= 4 is 16.8 Å². The number of hydrogen-bond acceptors (Lipinski definition) is 3. The Bertz CT molecular complexity index is 648. The van der Waals surface area contributed by atoms with Gasteiger partial charge in [-0.05, 0) is 25.5 Å². The second kappa shape index (κ2) is 5.65. The summed E-state index contributed by atoms with van der Waals surface area (Å²) in [4.78, 5) is 28.1. The maximum Gasteiger partial charge on any atom is 0.261 e. The quantitative estimate of drug-likeness (QED) is 0.900. The summed E-state index contributed by atoms with van der Waals surface area (Å²) in [7, 11) is 0. The number of para-hydroxylation sites is 1. The molecule has 0 saturated carbocycles. The Morgan fingerprint density at radius 3 is 2.89 bits per heavy atom. The van der Waals surface area contributed by atoms with E-state index in [-0.39, 0.29) is 24.1 Å². The molecule has 1 amide bonds. The maximum absolute atomic E-state index is 12.2. The van der Waals surface area contributed by atoms with Gasteiger partial charge in [0.25, 0.3) is 5.56 Å².